The number of hydrogen-bond acceptors (Lipinski definition) is 3. The molecule has 90 valence electrons. The number of benzene rings is 1. The van der Waals surface area contributed by atoms with E-state index in [0.29, 0.717) is 0 Å². The summed E-state index contributed by atoms with van der Waals surface area (Å²) in [6.07, 6.45) is 1.17. The van der Waals surface area contributed by atoms with E-state index in [1.165, 1.54) is 12.0 Å². The Kier molecular flexibility index (Phi) is 5.90. The first-order valence-electron chi connectivity index (χ1n) is 5.82. The average Bonchev–Trinajstić information content (AvgIpc) is 2.29. The second kappa shape index (κ2) is 7.25. The molecule has 0 aromatic heterocycles. The highest BCUT2D eigenvalue weighted by Crippen LogP contribution is 2.08. The molecule has 0 spiro atoms. The molecule has 0 heterocycles. The molecule has 1 rings (SSSR count). The van der Waals surface area contributed by atoms with Gasteiger partial charge in [-0.05, 0) is 30.7 Å². The molecular formula is C13H22N2O. The van der Waals surface area contributed by atoms with E-state index in [-0.39, 0.29) is 0 Å². The van der Waals surface area contributed by atoms with Crippen molar-refractivity contribution in [2.45, 2.75) is 19.9 Å². The van der Waals surface area contributed by atoms with Crippen molar-refractivity contribution in [3.63, 3.8) is 0 Å². The molecule has 3 nitrogen and oxygen atoms in total. The summed E-state index contributed by atoms with van der Waals surface area (Å²) < 4.78 is 5.11. The zero-order valence-corrected chi connectivity index (χ0v) is 10.3. The zero-order chi connectivity index (χ0) is 11.8. The smallest absolute Gasteiger partial charge is 0.0589 e. The summed E-state index contributed by atoms with van der Waals surface area (Å²) >= 11 is 0. The molecule has 0 fully saturated rings. The van der Waals surface area contributed by atoms with Gasteiger partial charge in [-0.1, -0.05) is 19.1 Å². The van der Waals surface area contributed by atoms with Crippen LogP contribution in [0.2, 0.25) is 0 Å². The van der Waals surface area contributed by atoms with Crippen LogP contribution in [-0.2, 0) is 11.3 Å². The van der Waals surface area contributed by atoms with Crippen molar-refractivity contribution in [3.05, 3.63) is 29.8 Å². The first-order valence-corrected chi connectivity index (χ1v) is 5.82. The first-order chi connectivity index (χ1) is 7.76. The van der Waals surface area contributed by atoms with Crippen LogP contribution in [0, 0.1) is 0 Å². The highest BCUT2D eigenvalue weighted by atomic mass is 16.5. The van der Waals surface area contributed by atoms with E-state index >= 15 is 0 Å². The number of anilines is 1. The lowest BCUT2D eigenvalue weighted by Crippen LogP contribution is -2.27. The summed E-state index contributed by atoms with van der Waals surface area (Å²) in [6, 6.07) is 8.08. The van der Waals surface area contributed by atoms with Gasteiger partial charge in [0.05, 0.1) is 6.61 Å². The highest BCUT2D eigenvalue weighted by molar-refractivity contribution is 5.39. The van der Waals surface area contributed by atoms with E-state index in [1.54, 1.807) is 7.11 Å². The molecule has 0 atom stereocenters. The number of ether oxygens (including phenoxy) is 1. The van der Waals surface area contributed by atoms with E-state index in [4.69, 9.17) is 10.5 Å². The van der Waals surface area contributed by atoms with Crippen LogP contribution in [0.15, 0.2) is 24.3 Å². The van der Waals surface area contributed by atoms with Crippen molar-refractivity contribution >= 4 is 5.69 Å². The van der Waals surface area contributed by atoms with E-state index < -0.39 is 0 Å². The maximum Gasteiger partial charge on any atom is 0.0589 e. The standard InChI is InChI=1S/C13H22N2O/c1-3-8-15(9-10-16-2)11-12-4-6-13(14)7-5-12/h4-7H,3,8-11,14H2,1-2H3. The lowest BCUT2D eigenvalue weighted by atomic mass is 10.2. The van der Waals surface area contributed by atoms with Gasteiger partial charge in [-0.25, -0.2) is 0 Å². The van der Waals surface area contributed by atoms with Gasteiger partial charge in [-0.15, -0.1) is 0 Å². The van der Waals surface area contributed by atoms with Gasteiger partial charge in [0.1, 0.15) is 0 Å². The van der Waals surface area contributed by atoms with E-state index in [0.717, 1.165) is 31.9 Å². The largest absolute Gasteiger partial charge is 0.399 e. The topological polar surface area (TPSA) is 38.5 Å². The van der Waals surface area contributed by atoms with Crippen LogP contribution in [0.3, 0.4) is 0 Å². The average molecular weight is 222 g/mol. The third kappa shape index (κ3) is 4.64. The minimum Gasteiger partial charge on any atom is -0.399 e. The third-order valence-corrected chi connectivity index (χ3v) is 2.54. The Morgan fingerprint density at radius 2 is 1.88 bits per heavy atom. The minimum absolute atomic E-state index is 0.787. The molecule has 0 bridgehead atoms. The number of nitrogens with two attached hydrogens (primary N) is 1. The molecule has 3 heteroatoms. The monoisotopic (exact) mass is 222 g/mol. The number of methoxy groups -OCH3 is 1. The second-order valence-electron chi connectivity index (χ2n) is 4.01. The van der Waals surface area contributed by atoms with E-state index in [2.05, 4.69) is 24.0 Å². The number of rotatable bonds is 7. The molecule has 0 saturated heterocycles. The van der Waals surface area contributed by atoms with Crippen LogP contribution in [-0.4, -0.2) is 31.7 Å². The summed E-state index contributed by atoms with van der Waals surface area (Å²) in [5.74, 6) is 0. The van der Waals surface area contributed by atoms with Gasteiger partial charge >= 0.3 is 0 Å². The molecule has 0 radical (unpaired) electrons. The predicted octanol–water partition coefficient (Wildman–Crippen LogP) is 2.13. The van der Waals surface area contributed by atoms with Gasteiger partial charge in [-0.2, -0.15) is 0 Å². The van der Waals surface area contributed by atoms with Crippen LogP contribution in [0.1, 0.15) is 18.9 Å². The van der Waals surface area contributed by atoms with Gasteiger partial charge in [0.25, 0.3) is 0 Å². The van der Waals surface area contributed by atoms with Crippen molar-refractivity contribution in [1.82, 2.24) is 4.90 Å². The lowest BCUT2D eigenvalue weighted by molar-refractivity contribution is 0.144. The molecule has 0 amide bonds. The summed E-state index contributed by atoms with van der Waals surface area (Å²) in [7, 11) is 1.74. The molecule has 16 heavy (non-hydrogen) atoms. The van der Waals surface area contributed by atoms with Crippen molar-refractivity contribution in [2.24, 2.45) is 0 Å². The van der Waals surface area contributed by atoms with Gasteiger partial charge in [0.2, 0.25) is 0 Å². The van der Waals surface area contributed by atoms with Crippen molar-refractivity contribution in [2.75, 3.05) is 32.5 Å². The van der Waals surface area contributed by atoms with E-state index in [1.807, 2.05) is 12.1 Å². The Morgan fingerprint density at radius 3 is 2.44 bits per heavy atom. The van der Waals surface area contributed by atoms with E-state index in [9.17, 15) is 0 Å². The predicted molar refractivity (Wildman–Crippen MR) is 68.3 cm³/mol. The Morgan fingerprint density at radius 1 is 1.19 bits per heavy atom. The maximum atomic E-state index is 5.66. The van der Waals surface area contributed by atoms with Gasteiger partial charge < -0.3 is 10.5 Å². The molecule has 0 aliphatic carbocycles. The Balaban J connectivity index is 2.49. The van der Waals surface area contributed by atoms with Crippen LogP contribution in [0.4, 0.5) is 5.69 Å². The molecular weight excluding hydrogens is 200 g/mol. The molecule has 1 aromatic rings. The quantitative estimate of drug-likeness (QED) is 0.718. The van der Waals surface area contributed by atoms with Gasteiger partial charge in [0.15, 0.2) is 0 Å². The van der Waals surface area contributed by atoms with Crippen LogP contribution >= 0.6 is 0 Å². The SMILES string of the molecule is CCCN(CCOC)Cc1ccc(N)cc1. The van der Waals surface area contributed by atoms with Crippen molar-refractivity contribution in [3.8, 4) is 0 Å². The third-order valence-electron chi connectivity index (χ3n) is 2.54. The minimum atomic E-state index is 0.787. The Bertz CT molecular complexity index is 284. The number of hydrogen-bond donors (Lipinski definition) is 1. The summed E-state index contributed by atoms with van der Waals surface area (Å²) in [4.78, 5) is 2.40. The van der Waals surface area contributed by atoms with Gasteiger partial charge in [0, 0.05) is 25.9 Å². The molecule has 0 unspecified atom stereocenters. The Hall–Kier alpha value is -1.06. The molecule has 0 aliphatic heterocycles. The maximum absolute atomic E-state index is 5.66. The molecule has 0 aliphatic rings. The summed E-state index contributed by atoms with van der Waals surface area (Å²) in [6.45, 7) is 6.04. The van der Waals surface area contributed by atoms with Crippen molar-refractivity contribution < 1.29 is 4.74 Å². The fraction of sp³-hybridized carbons (Fsp3) is 0.538. The first kappa shape index (κ1) is 13.0. The molecule has 1 aromatic carbocycles. The van der Waals surface area contributed by atoms with Gasteiger partial charge in [-0.3, -0.25) is 4.90 Å². The zero-order valence-electron chi connectivity index (χ0n) is 10.3. The number of nitrogen functional groups attached to an aromatic ring is 1. The normalized spacial score (nSPS) is 10.9. The highest BCUT2D eigenvalue weighted by Gasteiger charge is 2.04. The van der Waals surface area contributed by atoms with Crippen LogP contribution in [0.25, 0.3) is 0 Å². The number of nitrogens with zero attached hydrogens (tertiary/aromatic N) is 1. The second-order valence-corrected chi connectivity index (χ2v) is 4.01. The van der Waals surface area contributed by atoms with Crippen molar-refractivity contribution in [1.29, 1.82) is 0 Å². The Labute approximate surface area is 98.2 Å². The fourth-order valence-electron chi connectivity index (χ4n) is 1.69. The van der Waals surface area contributed by atoms with Crippen LogP contribution < -0.4 is 5.73 Å². The summed E-state index contributed by atoms with van der Waals surface area (Å²) in [5.41, 5.74) is 7.79. The molecule has 2 N–H and O–H groups in total. The lowest BCUT2D eigenvalue weighted by Gasteiger charge is -2.21. The summed E-state index contributed by atoms with van der Waals surface area (Å²) in [5, 5.41) is 0. The fourth-order valence-corrected chi connectivity index (χ4v) is 1.69. The molecule has 0 saturated carbocycles. The van der Waals surface area contributed by atoms with Crippen LogP contribution in [0.5, 0.6) is 0 Å².